The number of aryl methyl sites for hydroxylation is 1. The van der Waals surface area contributed by atoms with Crippen molar-refractivity contribution in [3.63, 3.8) is 0 Å². The molecule has 1 atom stereocenters. The van der Waals surface area contributed by atoms with Crippen LogP contribution in [0.5, 0.6) is 0 Å². The lowest BCUT2D eigenvalue weighted by molar-refractivity contribution is 0.175. The molecule has 2 aromatic carbocycles. The van der Waals surface area contributed by atoms with Gasteiger partial charge in [0.25, 0.3) is 0 Å². The zero-order chi connectivity index (χ0) is 17.7. The van der Waals surface area contributed by atoms with Gasteiger partial charge in [-0.05, 0) is 41.7 Å². The summed E-state index contributed by atoms with van der Waals surface area (Å²) in [7, 11) is 0. The SMILES string of the molecule is Cc1cccc(C(C)C)c1NC(=O)NCC(O)c1ccc(Cl)cc1. The van der Waals surface area contributed by atoms with Crippen LogP contribution in [0.1, 0.15) is 42.6 Å². The summed E-state index contributed by atoms with van der Waals surface area (Å²) in [6, 6.07) is 12.5. The van der Waals surface area contributed by atoms with Crippen molar-refractivity contribution in [1.29, 1.82) is 0 Å². The number of nitrogens with one attached hydrogen (secondary N) is 2. The first-order valence-corrected chi connectivity index (χ1v) is 8.34. The highest BCUT2D eigenvalue weighted by molar-refractivity contribution is 6.30. The van der Waals surface area contributed by atoms with Gasteiger partial charge in [0.15, 0.2) is 0 Å². The summed E-state index contributed by atoms with van der Waals surface area (Å²) >= 11 is 5.83. The molecule has 0 aromatic heterocycles. The molecular weight excluding hydrogens is 324 g/mol. The first kappa shape index (κ1) is 18.3. The van der Waals surface area contributed by atoms with Crippen molar-refractivity contribution in [3.8, 4) is 0 Å². The van der Waals surface area contributed by atoms with Crippen LogP contribution in [-0.2, 0) is 0 Å². The Morgan fingerprint density at radius 3 is 2.46 bits per heavy atom. The van der Waals surface area contributed by atoms with Crippen LogP contribution >= 0.6 is 11.6 Å². The summed E-state index contributed by atoms with van der Waals surface area (Å²) < 4.78 is 0. The van der Waals surface area contributed by atoms with Crippen molar-refractivity contribution in [1.82, 2.24) is 5.32 Å². The number of hydrogen-bond donors (Lipinski definition) is 3. The van der Waals surface area contributed by atoms with Crippen molar-refractivity contribution >= 4 is 23.3 Å². The normalized spacial score (nSPS) is 12.1. The molecule has 0 radical (unpaired) electrons. The molecule has 2 rings (SSSR count). The van der Waals surface area contributed by atoms with E-state index in [0.717, 1.165) is 16.8 Å². The fraction of sp³-hybridized carbons (Fsp3) is 0.316. The topological polar surface area (TPSA) is 61.4 Å². The number of urea groups is 1. The second kappa shape index (κ2) is 8.18. The molecule has 5 heteroatoms. The number of hydrogen-bond acceptors (Lipinski definition) is 2. The number of para-hydroxylation sites is 1. The Labute approximate surface area is 147 Å². The lowest BCUT2D eigenvalue weighted by Crippen LogP contribution is -2.33. The molecule has 0 aliphatic heterocycles. The molecule has 0 heterocycles. The zero-order valence-corrected chi connectivity index (χ0v) is 14.9. The van der Waals surface area contributed by atoms with Crippen molar-refractivity contribution in [2.75, 3.05) is 11.9 Å². The van der Waals surface area contributed by atoms with Gasteiger partial charge in [0.1, 0.15) is 0 Å². The van der Waals surface area contributed by atoms with Gasteiger partial charge in [-0.1, -0.05) is 55.8 Å². The minimum absolute atomic E-state index is 0.121. The van der Waals surface area contributed by atoms with E-state index >= 15 is 0 Å². The molecule has 0 aliphatic carbocycles. The maximum Gasteiger partial charge on any atom is 0.319 e. The second-order valence-corrected chi connectivity index (χ2v) is 6.53. The number of halogens is 1. The number of anilines is 1. The van der Waals surface area contributed by atoms with Crippen LogP contribution in [-0.4, -0.2) is 17.7 Å². The molecule has 4 nitrogen and oxygen atoms in total. The predicted octanol–water partition coefficient (Wildman–Crippen LogP) is 4.63. The molecule has 2 aromatic rings. The van der Waals surface area contributed by atoms with Crippen molar-refractivity contribution in [3.05, 3.63) is 64.2 Å². The second-order valence-electron chi connectivity index (χ2n) is 6.10. The summed E-state index contributed by atoms with van der Waals surface area (Å²) in [4.78, 5) is 12.2. The number of aliphatic hydroxyl groups excluding tert-OH is 1. The summed E-state index contributed by atoms with van der Waals surface area (Å²) in [6.07, 6.45) is -0.783. The first-order valence-electron chi connectivity index (χ1n) is 7.96. The Kier molecular flexibility index (Phi) is 6.23. The van der Waals surface area contributed by atoms with E-state index in [4.69, 9.17) is 11.6 Å². The zero-order valence-electron chi connectivity index (χ0n) is 14.1. The largest absolute Gasteiger partial charge is 0.387 e. The molecule has 24 heavy (non-hydrogen) atoms. The number of rotatable bonds is 5. The third-order valence-electron chi connectivity index (χ3n) is 3.88. The first-order chi connectivity index (χ1) is 11.4. The van der Waals surface area contributed by atoms with Crippen LogP contribution in [0.3, 0.4) is 0 Å². The highest BCUT2D eigenvalue weighted by Gasteiger charge is 2.13. The molecule has 128 valence electrons. The van der Waals surface area contributed by atoms with E-state index in [2.05, 4.69) is 24.5 Å². The predicted molar refractivity (Wildman–Crippen MR) is 98.7 cm³/mol. The van der Waals surface area contributed by atoms with Gasteiger partial charge >= 0.3 is 6.03 Å². The van der Waals surface area contributed by atoms with Gasteiger partial charge in [-0.2, -0.15) is 0 Å². The minimum atomic E-state index is -0.783. The van der Waals surface area contributed by atoms with E-state index in [1.165, 1.54) is 0 Å². The maximum atomic E-state index is 12.2. The summed E-state index contributed by atoms with van der Waals surface area (Å²) in [5, 5.41) is 16.3. The molecule has 2 amide bonds. The quantitative estimate of drug-likeness (QED) is 0.739. The van der Waals surface area contributed by atoms with E-state index < -0.39 is 6.10 Å². The maximum absolute atomic E-state index is 12.2. The van der Waals surface area contributed by atoms with Gasteiger partial charge in [0, 0.05) is 17.3 Å². The van der Waals surface area contributed by atoms with Gasteiger partial charge in [-0.15, -0.1) is 0 Å². The Morgan fingerprint density at radius 1 is 1.17 bits per heavy atom. The summed E-state index contributed by atoms with van der Waals surface area (Å²) in [5.74, 6) is 0.305. The molecular formula is C19H23ClN2O2. The molecule has 0 aliphatic rings. The smallest absolute Gasteiger partial charge is 0.319 e. The van der Waals surface area contributed by atoms with Gasteiger partial charge < -0.3 is 15.7 Å². The molecule has 0 spiro atoms. The number of benzene rings is 2. The van der Waals surface area contributed by atoms with E-state index in [-0.39, 0.29) is 12.6 Å². The van der Waals surface area contributed by atoms with Crippen LogP contribution in [0.4, 0.5) is 10.5 Å². The van der Waals surface area contributed by atoms with E-state index in [0.29, 0.717) is 16.5 Å². The lowest BCUT2D eigenvalue weighted by Gasteiger charge is -2.18. The van der Waals surface area contributed by atoms with Crippen molar-refractivity contribution < 1.29 is 9.90 Å². The molecule has 0 bridgehead atoms. The van der Waals surface area contributed by atoms with Gasteiger partial charge in [-0.25, -0.2) is 4.79 Å². The Hall–Kier alpha value is -2.04. The highest BCUT2D eigenvalue weighted by Crippen LogP contribution is 2.27. The van der Waals surface area contributed by atoms with Crippen molar-refractivity contribution in [2.45, 2.75) is 32.8 Å². The number of aliphatic hydroxyl groups is 1. The van der Waals surface area contributed by atoms with Crippen LogP contribution in [0, 0.1) is 6.92 Å². The monoisotopic (exact) mass is 346 g/mol. The van der Waals surface area contributed by atoms with Gasteiger partial charge in [0.2, 0.25) is 0 Å². The van der Waals surface area contributed by atoms with E-state index in [9.17, 15) is 9.90 Å². The highest BCUT2D eigenvalue weighted by atomic mass is 35.5. The standard InChI is InChI=1S/C19H23ClN2O2/c1-12(2)16-6-4-5-13(3)18(16)22-19(24)21-11-17(23)14-7-9-15(20)10-8-14/h4-10,12,17,23H,11H2,1-3H3,(H2,21,22,24). The Morgan fingerprint density at radius 2 is 1.83 bits per heavy atom. The minimum Gasteiger partial charge on any atom is -0.387 e. The molecule has 3 N–H and O–H groups in total. The number of amides is 2. The third kappa shape index (κ3) is 4.73. The van der Waals surface area contributed by atoms with Crippen LogP contribution in [0.15, 0.2) is 42.5 Å². The van der Waals surface area contributed by atoms with Gasteiger partial charge in [-0.3, -0.25) is 0 Å². The van der Waals surface area contributed by atoms with Crippen LogP contribution in [0.2, 0.25) is 5.02 Å². The van der Waals surface area contributed by atoms with E-state index in [1.54, 1.807) is 24.3 Å². The Balaban J connectivity index is 1.98. The molecule has 1 unspecified atom stereocenters. The fourth-order valence-electron chi connectivity index (χ4n) is 2.49. The van der Waals surface area contributed by atoms with Crippen molar-refractivity contribution in [2.24, 2.45) is 0 Å². The van der Waals surface area contributed by atoms with Gasteiger partial charge in [0.05, 0.1) is 6.10 Å². The number of carbonyl (C=O) groups excluding carboxylic acids is 1. The summed E-state index contributed by atoms with van der Waals surface area (Å²) in [6.45, 7) is 6.25. The average Bonchev–Trinajstić information content (AvgIpc) is 2.55. The van der Waals surface area contributed by atoms with Crippen LogP contribution in [0.25, 0.3) is 0 Å². The van der Waals surface area contributed by atoms with E-state index in [1.807, 2.05) is 25.1 Å². The summed E-state index contributed by atoms with van der Waals surface area (Å²) in [5.41, 5.74) is 3.63. The Bertz CT molecular complexity index is 699. The average molecular weight is 347 g/mol. The third-order valence-corrected chi connectivity index (χ3v) is 4.13. The van der Waals surface area contributed by atoms with Crippen LogP contribution < -0.4 is 10.6 Å². The molecule has 0 fully saturated rings. The molecule has 0 saturated heterocycles. The molecule has 0 saturated carbocycles. The fourth-order valence-corrected chi connectivity index (χ4v) is 2.62. The number of carbonyl (C=O) groups is 1. The lowest BCUT2D eigenvalue weighted by atomic mass is 9.98.